The van der Waals surface area contributed by atoms with Crippen LogP contribution in [0.15, 0.2) is 170 Å². The zero-order valence-electron chi connectivity index (χ0n) is 35.8. The number of benzene rings is 8. The predicted octanol–water partition coefficient (Wildman–Crippen LogP) is 12.1. The molecule has 304 valence electrons. The summed E-state index contributed by atoms with van der Waals surface area (Å²) in [5.41, 5.74) is 23.8. The zero-order valence-corrected chi connectivity index (χ0v) is 46.6. The van der Waals surface area contributed by atoms with E-state index < -0.39 is 40.1 Å². The minimum atomic E-state index is -2.23. The van der Waals surface area contributed by atoms with Gasteiger partial charge in [-0.1, -0.05) is 0 Å². The van der Waals surface area contributed by atoms with Crippen LogP contribution in [0, 0.1) is 0 Å². The molecule has 0 bridgehead atoms. The molecule has 8 aromatic carbocycles. The summed E-state index contributed by atoms with van der Waals surface area (Å²) < 4.78 is 7.10. The zero-order chi connectivity index (χ0) is 40.5. The van der Waals surface area contributed by atoms with Crippen molar-refractivity contribution in [2.24, 2.45) is 0 Å². The second kappa shape index (κ2) is 18.2. The summed E-state index contributed by atoms with van der Waals surface area (Å²) in [5, 5.41) is 0. The van der Waals surface area contributed by atoms with E-state index in [1.807, 2.05) is 0 Å². The molecule has 0 saturated carbocycles. The first-order valence-corrected chi connectivity index (χ1v) is 44.6. The van der Waals surface area contributed by atoms with E-state index in [1.54, 1.807) is 35.5 Å². The average molecular weight is 1210 g/mol. The third kappa shape index (κ3) is 7.49. The van der Waals surface area contributed by atoms with Gasteiger partial charge in [-0.05, 0) is 0 Å². The summed E-state index contributed by atoms with van der Waals surface area (Å²) in [6.45, 7) is 10.3. The van der Waals surface area contributed by atoms with Crippen LogP contribution in [-0.2, 0) is 65.8 Å². The van der Waals surface area contributed by atoms with Gasteiger partial charge in [-0.3, -0.25) is 0 Å². The molecule has 12 rings (SSSR count). The summed E-state index contributed by atoms with van der Waals surface area (Å²) in [4.78, 5) is 0. The van der Waals surface area contributed by atoms with Crippen molar-refractivity contribution >= 4 is 49.1 Å². The maximum absolute atomic E-state index is 2.58. The molecule has 0 aromatic heterocycles. The van der Waals surface area contributed by atoms with Gasteiger partial charge in [-0.15, -0.1) is 24.8 Å². The number of fused-ring (bicyclic) bond motifs is 12. The van der Waals surface area contributed by atoms with E-state index in [2.05, 4.69) is 196 Å². The van der Waals surface area contributed by atoms with Crippen LogP contribution in [0.5, 0.6) is 0 Å². The van der Waals surface area contributed by atoms with Gasteiger partial charge in [-0.2, -0.15) is 0 Å². The first-order valence-electron chi connectivity index (χ1n) is 21.6. The number of rotatable bonds is 4. The van der Waals surface area contributed by atoms with E-state index >= 15 is 0 Å². The molecular weight excluding hydrogens is 1160 g/mol. The van der Waals surface area contributed by atoms with Crippen molar-refractivity contribution in [3.05, 3.63) is 214 Å². The molecule has 4 aliphatic carbocycles. The molecule has 62 heavy (non-hydrogen) atoms. The van der Waals surface area contributed by atoms with Crippen LogP contribution >= 0.6 is 24.8 Å². The molecular formula is C56H50Cl2Hf2Si2. The summed E-state index contributed by atoms with van der Waals surface area (Å²) >= 11 is -4.46. The van der Waals surface area contributed by atoms with Crippen molar-refractivity contribution in [1.82, 2.24) is 0 Å². The van der Waals surface area contributed by atoms with Crippen LogP contribution in [0.3, 0.4) is 0 Å². The van der Waals surface area contributed by atoms with Gasteiger partial charge < -0.3 is 0 Å². The second-order valence-corrected chi connectivity index (χ2v) is 64.3. The summed E-state index contributed by atoms with van der Waals surface area (Å²) in [6.07, 6.45) is 4.50. The van der Waals surface area contributed by atoms with Crippen molar-refractivity contribution in [2.45, 2.75) is 51.9 Å². The Morgan fingerprint density at radius 1 is 0.274 bits per heavy atom. The molecule has 0 nitrogen and oxygen atoms in total. The fourth-order valence-electron chi connectivity index (χ4n) is 10.9. The average Bonchev–Trinajstić information content (AvgIpc) is 4.05. The largest absolute Gasteiger partial charge is 0.147 e. The molecule has 8 aromatic rings. The van der Waals surface area contributed by atoms with Gasteiger partial charge in [0.05, 0.1) is 0 Å². The van der Waals surface area contributed by atoms with Gasteiger partial charge in [0.2, 0.25) is 0 Å². The van der Waals surface area contributed by atoms with E-state index in [0.717, 1.165) is 25.7 Å². The molecule has 0 atom stereocenters. The van der Waals surface area contributed by atoms with E-state index in [0.29, 0.717) is 0 Å². The fourth-order valence-corrected chi connectivity index (χ4v) is 57.4. The van der Waals surface area contributed by atoms with E-state index in [9.17, 15) is 0 Å². The third-order valence-electron chi connectivity index (χ3n) is 13.5. The topological polar surface area (TPSA) is 0 Å². The second-order valence-electron chi connectivity index (χ2n) is 17.4. The van der Waals surface area contributed by atoms with Crippen LogP contribution in [0.2, 0.25) is 26.2 Å². The van der Waals surface area contributed by atoms with E-state index in [-0.39, 0.29) is 35.8 Å². The van der Waals surface area contributed by atoms with E-state index in [4.69, 9.17) is 0 Å². The molecule has 0 spiro atoms. The molecule has 0 radical (unpaired) electrons. The third-order valence-corrected chi connectivity index (χ3v) is 60.3. The van der Waals surface area contributed by atoms with Gasteiger partial charge >= 0.3 is 375 Å². The smallest absolute Gasteiger partial charge is 0.147 e. The molecule has 0 fully saturated rings. The van der Waals surface area contributed by atoms with Crippen molar-refractivity contribution in [2.75, 3.05) is 0 Å². The van der Waals surface area contributed by atoms with Gasteiger partial charge in [0.15, 0.2) is 0 Å². The Morgan fingerprint density at radius 3 is 0.710 bits per heavy atom. The van der Waals surface area contributed by atoms with Crippen molar-refractivity contribution in [3.63, 3.8) is 0 Å². The van der Waals surface area contributed by atoms with Crippen LogP contribution < -0.4 is 13.3 Å². The van der Waals surface area contributed by atoms with Gasteiger partial charge in [0.25, 0.3) is 0 Å². The van der Waals surface area contributed by atoms with Crippen LogP contribution in [0.4, 0.5) is 0 Å². The molecule has 0 N–H and O–H groups in total. The van der Waals surface area contributed by atoms with Crippen molar-refractivity contribution in [1.29, 1.82) is 0 Å². The van der Waals surface area contributed by atoms with Crippen molar-refractivity contribution in [3.8, 4) is 44.5 Å². The van der Waals surface area contributed by atoms with Crippen molar-refractivity contribution < 1.29 is 40.1 Å². The Bertz CT molecular complexity index is 2740. The molecule has 0 amide bonds. The normalized spacial score (nSPS) is 12.3. The van der Waals surface area contributed by atoms with Crippen LogP contribution in [0.25, 0.3) is 44.5 Å². The Hall–Kier alpha value is -3.49. The van der Waals surface area contributed by atoms with E-state index in [1.165, 1.54) is 66.8 Å². The minimum Gasteiger partial charge on any atom is -0.147 e. The number of hydrogen-bond acceptors (Lipinski definition) is 0. The maximum Gasteiger partial charge on any atom is -0.147 e. The van der Waals surface area contributed by atoms with Gasteiger partial charge in [0, 0.05) is 0 Å². The molecule has 0 saturated heterocycles. The van der Waals surface area contributed by atoms with Crippen LogP contribution in [-0.4, -0.2) is 11.0 Å². The van der Waals surface area contributed by atoms with Crippen LogP contribution in [0.1, 0.15) is 44.5 Å². The number of halogens is 2. The quantitative estimate of drug-likeness (QED) is 0.154. The monoisotopic (exact) mass is 1210 g/mol. The molecule has 0 unspecified atom stereocenters. The summed E-state index contributed by atoms with van der Waals surface area (Å²) in [7, 11) is 0. The standard InChI is InChI=1S/4C13H9.2C2H6Si.2ClH.2Hf/c4*1-3-7-12-10(5-1)9-11-6-2-4-8-13(11)12;2*1-3-2;;;;/h4*1-5,7-8H,9H2;2*1-2H3;2*1H;;. The Labute approximate surface area is 395 Å². The predicted molar refractivity (Wildman–Crippen MR) is 267 cm³/mol. The molecule has 4 aliphatic rings. The molecule has 0 aliphatic heterocycles. The number of hydrogen-bond donors (Lipinski definition) is 0. The Balaban J connectivity index is 0.000000153. The SMILES string of the molecule is C[Si](C)=[Hf]([c]1cccc2c1Cc1ccccc1-2)[c]1cccc2c1Cc1ccccc1-2.C[Si](C)=[Hf]([c]1cccc2c1Cc1ccccc1-2)[c]1cccc2c1Cc1ccccc1-2.Cl.Cl. The Morgan fingerprint density at radius 2 is 0.484 bits per heavy atom. The van der Waals surface area contributed by atoms with Gasteiger partial charge in [-0.25, -0.2) is 0 Å². The summed E-state index contributed by atoms with van der Waals surface area (Å²) in [5.74, 6) is 0. The first-order chi connectivity index (χ1) is 29.4. The fraction of sp³-hybridized carbons (Fsp3) is 0.143. The Kier molecular flexibility index (Phi) is 12.8. The van der Waals surface area contributed by atoms with Gasteiger partial charge in [0.1, 0.15) is 0 Å². The summed E-state index contributed by atoms with van der Waals surface area (Å²) in [6, 6.07) is 64.9. The minimum absolute atomic E-state index is 0. The molecule has 6 heteroatoms. The maximum atomic E-state index is 2.58. The first kappa shape index (κ1) is 43.8. The molecule has 0 heterocycles.